The molecule has 0 saturated carbocycles. The molecule has 0 aliphatic rings. The average Bonchev–Trinajstić information content (AvgIpc) is 2.48. The van der Waals surface area contributed by atoms with Crippen molar-refractivity contribution < 1.29 is 4.73 Å². The molecule has 2 rings (SSSR count). The third-order valence-electron chi connectivity index (χ3n) is 2.88. The highest BCUT2D eigenvalue weighted by atomic mass is 16.5. The van der Waals surface area contributed by atoms with E-state index in [1.807, 2.05) is 43.3 Å². The van der Waals surface area contributed by atoms with E-state index in [1.165, 1.54) is 12.4 Å². The van der Waals surface area contributed by atoms with Crippen molar-refractivity contribution in [1.29, 1.82) is 0 Å². The predicted octanol–water partition coefficient (Wildman–Crippen LogP) is 1.13. The summed E-state index contributed by atoms with van der Waals surface area (Å²) in [5, 5.41) is 18.8. The molecule has 0 saturated heterocycles. The highest BCUT2D eigenvalue weighted by Crippen LogP contribution is 2.10. The van der Waals surface area contributed by atoms with E-state index in [-0.39, 0.29) is 5.84 Å². The van der Waals surface area contributed by atoms with Gasteiger partial charge in [-0.15, -0.1) is 5.10 Å². The van der Waals surface area contributed by atoms with E-state index in [0.29, 0.717) is 10.3 Å². The fourth-order valence-electron chi connectivity index (χ4n) is 1.66. The number of pyridine rings is 1. The van der Waals surface area contributed by atoms with E-state index in [1.54, 1.807) is 18.3 Å². The van der Waals surface area contributed by atoms with Crippen LogP contribution in [0.2, 0.25) is 0 Å². The van der Waals surface area contributed by atoms with Crippen molar-refractivity contribution in [2.45, 2.75) is 0 Å². The number of benzene rings is 1. The Balaban J connectivity index is 2.06. The first-order chi connectivity index (χ1) is 10.1. The summed E-state index contributed by atoms with van der Waals surface area (Å²) in [4.78, 5) is 2.02. The van der Waals surface area contributed by atoms with E-state index < -0.39 is 0 Å². The summed E-state index contributed by atoms with van der Waals surface area (Å²) in [5.74, 6) is 0.261. The zero-order valence-corrected chi connectivity index (χ0v) is 12.0. The summed E-state index contributed by atoms with van der Waals surface area (Å²) >= 11 is 0. The standard InChI is InChI=1S/C15H17N5O/c1-19(2)14-5-3-12(4-6-14)11-17-18-15(16)13-7-9-20(21)10-8-13/h3-11H,1-2H3,(H2,16,18)/b17-11+. The van der Waals surface area contributed by atoms with Gasteiger partial charge in [0.1, 0.15) is 0 Å². The number of rotatable bonds is 4. The highest BCUT2D eigenvalue weighted by Gasteiger charge is 1.99. The number of amidine groups is 1. The Hall–Kier alpha value is -2.89. The van der Waals surface area contributed by atoms with Crippen molar-refractivity contribution in [3.05, 3.63) is 65.1 Å². The second-order valence-electron chi connectivity index (χ2n) is 4.66. The van der Waals surface area contributed by atoms with Crippen molar-refractivity contribution >= 4 is 17.7 Å². The van der Waals surface area contributed by atoms with Gasteiger partial charge in [0.05, 0.1) is 6.21 Å². The van der Waals surface area contributed by atoms with Crippen LogP contribution in [0.25, 0.3) is 0 Å². The summed E-state index contributed by atoms with van der Waals surface area (Å²) < 4.78 is 0.687. The number of anilines is 1. The van der Waals surface area contributed by atoms with E-state index in [0.717, 1.165) is 11.3 Å². The van der Waals surface area contributed by atoms with Crippen LogP contribution in [0, 0.1) is 5.21 Å². The third-order valence-corrected chi connectivity index (χ3v) is 2.88. The van der Waals surface area contributed by atoms with Crippen LogP contribution in [0.15, 0.2) is 59.0 Å². The zero-order valence-electron chi connectivity index (χ0n) is 12.0. The fraction of sp³-hybridized carbons (Fsp3) is 0.133. The molecule has 2 aromatic rings. The van der Waals surface area contributed by atoms with Gasteiger partial charge in [0.15, 0.2) is 18.2 Å². The van der Waals surface area contributed by atoms with Crippen molar-refractivity contribution in [1.82, 2.24) is 0 Å². The Kier molecular flexibility index (Phi) is 4.50. The molecule has 0 amide bonds. The van der Waals surface area contributed by atoms with Crippen molar-refractivity contribution in [3.8, 4) is 0 Å². The SMILES string of the molecule is CN(C)c1ccc(/C=N/N=C(/N)c2cc[n+]([O-])cc2)cc1. The smallest absolute Gasteiger partial charge is 0.181 e. The first-order valence-corrected chi connectivity index (χ1v) is 6.39. The molecule has 2 N–H and O–H groups in total. The maximum absolute atomic E-state index is 10.9. The molecule has 21 heavy (non-hydrogen) atoms. The summed E-state index contributed by atoms with van der Waals surface area (Å²) in [6.07, 6.45) is 4.35. The van der Waals surface area contributed by atoms with Gasteiger partial charge in [0.2, 0.25) is 0 Å². The van der Waals surface area contributed by atoms with Crippen LogP contribution >= 0.6 is 0 Å². The first kappa shape index (κ1) is 14.5. The molecule has 1 aromatic heterocycles. The Morgan fingerprint density at radius 1 is 1.14 bits per heavy atom. The topological polar surface area (TPSA) is 80.9 Å². The van der Waals surface area contributed by atoms with E-state index >= 15 is 0 Å². The third kappa shape index (κ3) is 4.04. The molecule has 108 valence electrons. The van der Waals surface area contributed by atoms with E-state index in [4.69, 9.17) is 5.73 Å². The number of hydrogen-bond donors (Lipinski definition) is 1. The molecular formula is C15H17N5O. The lowest BCUT2D eigenvalue weighted by atomic mass is 10.2. The molecule has 6 nitrogen and oxygen atoms in total. The molecule has 0 aliphatic heterocycles. The van der Waals surface area contributed by atoms with Crippen molar-refractivity contribution in [2.24, 2.45) is 15.9 Å². The molecule has 1 aromatic carbocycles. The lowest BCUT2D eigenvalue weighted by Gasteiger charge is -2.11. The maximum Gasteiger partial charge on any atom is 0.181 e. The van der Waals surface area contributed by atoms with Crippen LogP contribution < -0.4 is 15.4 Å². The summed E-state index contributed by atoms with van der Waals surface area (Å²) in [6.45, 7) is 0. The van der Waals surface area contributed by atoms with E-state index in [9.17, 15) is 5.21 Å². The molecule has 1 heterocycles. The number of nitrogens with zero attached hydrogens (tertiary/aromatic N) is 4. The first-order valence-electron chi connectivity index (χ1n) is 6.39. The van der Waals surface area contributed by atoms with Gasteiger partial charge in [0, 0.05) is 37.5 Å². The fourth-order valence-corrected chi connectivity index (χ4v) is 1.66. The second kappa shape index (κ2) is 6.51. The Morgan fingerprint density at radius 2 is 1.76 bits per heavy atom. The van der Waals surface area contributed by atoms with Gasteiger partial charge in [-0.05, 0) is 17.7 Å². The summed E-state index contributed by atoms with van der Waals surface area (Å²) in [5.41, 5.74) is 8.50. The Bertz CT molecular complexity index is 645. The molecule has 0 bridgehead atoms. The normalized spacial score (nSPS) is 11.8. The average molecular weight is 283 g/mol. The molecule has 0 radical (unpaired) electrons. The summed E-state index contributed by atoms with van der Waals surface area (Å²) in [7, 11) is 3.97. The maximum atomic E-state index is 10.9. The number of hydrogen-bond acceptors (Lipinski definition) is 4. The molecule has 0 fully saturated rings. The zero-order chi connectivity index (χ0) is 15.2. The van der Waals surface area contributed by atoms with Crippen LogP contribution in [-0.2, 0) is 0 Å². The minimum atomic E-state index is 0.261. The molecule has 0 atom stereocenters. The molecular weight excluding hydrogens is 266 g/mol. The van der Waals surface area contributed by atoms with Crippen LogP contribution in [0.4, 0.5) is 5.69 Å². The molecule has 0 aliphatic carbocycles. The van der Waals surface area contributed by atoms with Gasteiger partial charge < -0.3 is 15.8 Å². The lowest BCUT2D eigenvalue weighted by molar-refractivity contribution is -0.605. The van der Waals surface area contributed by atoms with Crippen LogP contribution in [-0.4, -0.2) is 26.1 Å². The van der Waals surface area contributed by atoms with Crippen molar-refractivity contribution in [3.63, 3.8) is 0 Å². The van der Waals surface area contributed by atoms with Crippen molar-refractivity contribution in [2.75, 3.05) is 19.0 Å². The minimum Gasteiger partial charge on any atom is -0.619 e. The van der Waals surface area contributed by atoms with Gasteiger partial charge in [0.25, 0.3) is 0 Å². The summed E-state index contributed by atoms with van der Waals surface area (Å²) in [6, 6.07) is 11.1. The highest BCUT2D eigenvalue weighted by molar-refractivity contribution is 5.97. The second-order valence-corrected chi connectivity index (χ2v) is 4.66. The number of nitrogens with two attached hydrogens (primary N) is 1. The minimum absolute atomic E-state index is 0.261. The molecule has 6 heteroatoms. The quantitative estimate of drug-likeness (QED) is 0.300. The van der Waals surface area contributed by atoms with Gasteiger partial charge in [-0.25, -0.2) is 0 Å². The number of aromatic nitrogens is 1. The van der Waals surface area contributed by atoms with Crippen LogP contribution in [0.5, 0.6) is 0 Å². The van der Waals surface area contributed by atoms with E-state index in [2.05, 4.69) is 10.2 Å². The van der Waals surface area contributed by atoms with Gasteiger partial charge in [-0.1, -0.05) is 12.1 Å². The van der Waals surface area contributed by atoms with Crippen LogP contribution in [0.3, 0.4) is 0 Å². The predicted molar refractivity (Wildman–Crippen MR) is 84.5 cm³/mol. The van der Waals surface area contributed by atoms with Gasteiger partial charge in [-0.3, -0.25) is 0 Å². The Labute approximate surface area is 123 Å². The van der Waals surface area contributed by atoms with Gasteiger partial charge >= 0.3 is 0 Å². The molecule has 0 unspecified atom stereocenters. The lowest BCUT2D eigenvalue weighted by Crippen LogP contribution is -2.25. The van der Waals surface area contributed by atoms with Gasteiger partial charge in [-0.2, -0.15) is 9.83 Å². The Morgan fingerprint density at radius 3 is 2.33 bits per heavy atom. The van der Waals surface area contributed by atoms with Crippen LogP contribution in [0.1, 0.15) is 11.1 Å². The monoisotopic (exact) mass is 283 g/mol. The largest absolute Gasteiger partial charge is 0.619 e. The molecule has 0 spiro atoms.